The number of carboxylic acid groups (broad SMARTS) is 1. The molecule has 0 bridgehead atoms. The van der Waals surface area contributed by atoms with Crippen LogP contribution in [0.4, 0.5) is 18.9 Å². The van der Waals surface area contributed by atoms with E-state index in [1.165, 1.54) is 24.1 Å². The summed E-state index contributed by atoms with van der Waals surface area (Å²) in [5.41, 5.74) is -1.32. The van der Waals surface area contributed by atoms with Crippen molar-refractivity contribution >= 4 is 11.7 Å². The highest BCUT2D eigenvalue weighted by Gasteiger charge is 2.35. The van der Waals surface area contributed by atoms with Crippen molar-refractivity contribution in [3.8, 4) is 0 Å². The Labute approximate surface area is 96.5 Å². The fourth-order valence-corrected chi connectivity index (χ4v) is 1.40. The average molecular weight is 247 g/mol. The Morgan fingerprint density at radius 3 is 2.41 bits per heavy atom. The third-order valence-electron chi connectivity index (χ3n) is 2.43. The van der Waals surface area contributed by atoms with Crippen LogP contribution in [0.3, 0.4) is 0 Å². The van der Waals surface area contributed by atoms with Gasteiger partial charge in [-0.2, -0.15) is 13.2 Å². The van der Waals surface area contributed by atoms with Crippen LogP contribution < -0.4 is 4.90 Å². The third kappa shape index (κ3) is 2.89. The number of aromatic carboxylic acids is 1. The van der Waals surface area contributed by atoms with Gasteiger partial charge < -0.3 is 10.0 Å². The zero-order chi connectivity index (χ0) is 13.2. The maximum absolute atomic E-state index is 12.8. The fourth-order valence-electron chi connectivity index (χ4n) is 1.40. The summed E-state index contributed by atoms with van der Waals surface area (Å²) in [6, 6.07) is 3.00. The van der Waals surface area contributed by atoms with Gasteiger partial charge >= 0.3 is 12.1 Å². The molecule has 0 heterocycles. The van der Waals surface area contributed by atoms with E-state index in [2.05, 4.69) is 0 Å². The third-order valence-corrected chi connectivity index (χ3v) is 2.43. The Bertz CT molecular complexity index is 429. The van der Waals surface area contributed by atoms with Crippen molar-refractivity contribution < 1.29 is 23.1 Å². The summed E-state index contributed by atoms with van der Waals surface area (Å²) in [7, 11) is 1.52. The van der Waals surface area contributed by atoms with Gasteiger partial charge in [-0.25, -0.2) is 4.79 Å². The molecule has 0 atom stereocenters. The quantitative estimate of drug-likeness (QED) is 0.892. The first kappa shape index (κ1) is 13.3. The number of hydrogen-bond donors (Lipinski definition) is 1. The fraction of sp³-hybridized carbons (Fsp3) is 0.364. The molecule has 17 heavy (non-hydrogen) atoms. The lowest BCUT2D eigenvalue weighted by molar-refractivity contribution is -0.137. The van der Waals surface area contributed by atoms with Gasteiger partial charge in [-0.15, -0.1) is 0 Å². The molecule has 0 spiro atoms. The molecule has 0 amide bonds. The molecule has 0 saturated heterocycles. The Kier molecular flexibility index (Phi) is 3.65. The first-order valence-electron chi connectivity index (χ1n) is 4.93. The Hall–Kier alpha value is -1.72. The summed E-state index contributed by atoms with van der Waals surface area (Å²) < 4.78 is 38.3. The molecular weight excluding hydrogens is 235 g/mol. The lowest BCUT2D eigenvalue weighted by Crippen LogP contribution is -2.21. The second-order valence-corrected chi connectivity index (χ2v) is 3.55. The van der Waals surface area contributed by atoms with Crippen molar-refractivity contribution in [2.75, 3.05) is 18.5 Å². The minimum absolute atomic E-state index is 0.0231. The zero-order valence-corrected chi connectivity index (χ0v) is 9.38. The number of nitrogens with zero attached hydrogens (tertiary/aromatic N) is 1. The second kappa shape index (κ2) is 4.65. The number of rotatable bonds is 3. The van der Waals surface area contributed by atoms with Gasteiger partial charge in [-0.05, 0) is 25.1 Å². The molecular formula is C11H12F3NO2. The van der Waals surface area contributed by atoms with E-state index in [0.29, 0.717) is 12.6 Å². The smallest absolute Gasteiger partial charge is 0.418 e. The van der Waals surface area contributed by atoms with E-state index < -0.39 is 17.7 Å². The highest BCUT2D eigenvalue weighted by molar-refractivity contribution is 5.88. The Balaban J connectivity index is 3.37. The van der Waals surface area contributed by atoms with Crippen molar-refractivity contribution in [3.05, 3.63) is 29.3 Å². The highest BCUT2D eigenvalue weighted by atomic mass is 19.4. The maximum atomic E-state index is 12.8. The minimum atomic E-state index is -4.57. The van der Waals surface area contributed by atoms with Gasteiger partial charge in [-0.1, -0.05) is 0 Å². The number of halogens is 3. The van der Waals surface area contributed by atoms with Crippen LogP contribution in [0.15, 0.2) is 18.2 Å². The monoisotopic (exact) mass is 247 g/mol. The number of carbonyl (C=O) groups is 1. The zero-order valence-electron chi connectivity index (χ0n) is 9.38. The molecule has 0 fully saturated rings. The minimum Gasteiger partial charge on any atom is -0.478 e. The lowest BCUT2D eigenvalue weighted by atomic mass is 10.1. The predicted molar refractivity (Wildman–Crippen MR) is 57.3 cm³/mol. The van der Waals surface area contributed by atoms with Gasteiger partial charge in [-0.3, -0.25) is 0 Å². The van der Waals surface area contributed by atoms with Gasteiger partial charge in [0.15, 0.2) is 0 Å². The first-order valence-corrected chi connectivity index (χ1v) is 4.93. The summed E-state index contributed by atoms with van der Waals surface area (Å²) in [4.78, 5) is 12.1. The average Bonchev–Trinajstić information content (AvgIpc) is 2.26. The topological polar surface area (TPSA) is 40.5 Å². The molecule has 1 aromatic rings. The van der Waals surface area contributed by atoms with Crippen LogP contribution in [-0.4, -0.2) is 24.7 Å². The molecule has 0 aliphatic rings. The van der Waals surface area contributed by atoms with Crippen LogP contribution >= 0.6 is 0 Å². The standard InChI is InChI=1S/C11H12F3NO2/c1-3-15(2)9-5-4-7(10(16)17)6-8(9)11(12,13)14/h4-6H,3H2,1-2H3,(H,16,17). The molecule has 0 aliphatic heterocycles. The van der Waals surface area contributed by atoms with Crippen LogP contribution in [0.5, 0.6) is 0 Å². The summed E-state index contributed by atoms with van der Waals surface area (Å²) >= 11 is 0. The predicted octanol–water partition coefficient (Wildman–Crippen LogP) is 2.86. The molecule has 0 unspecified atom stereocenters. The van der Waals surface area contributed by atoms with E-state index in [9.17, 15) is 18.0 Å². The van der Waals surface area contributed by atoms with Gasteiger partial charge in [0.25, 0.3) is 0 Å². The number of benzene rings is 1. The van der Waals surface area contributed by atoms with Gasteiger partial charge in [0.2, 0.25) is 0 Å². The lowest BCUT2D eigenvalue weighted by Gasteiger charge is -2.22. The molecule has 0 radical (unpaired) electrons. The summed E-state index contributed by atoms with van der Waals surface area (Å²) in [6.07, 6.45) is -4.57. The van der Waals surface area contributed by atoms with Crippen molar-refractivity contribution in [1.29, 1.82) is 0 Å². The van der Waals surface area contributed by atoms with E-state index in [1.807, 2.05) is 0 Å². The van der Waals surface area contributed by atoms with Crippen LogP contribution in [0, 0.1) is 0 Å². The largest absolute Gasteiger partial charge is 0.478 e. The Morgan fingerprint density at radius 2 is 2.00 bits per heavy atom. The van der Waals surface area contributed by atoms with Crippen LogP contribution in [-0.2, 0) is 6.18 Å². The number of alkyl halides is 3. The normalized spacial score (nSPS) is 11.4. The van der Waals surface area contributed by atoms with E-state index in [-0.39, 0.29) is 11.3 Å². The first-order chi connectivity index (χ1) is 7.77. The van der Waals surface area contributed by atoms with Gasteiger partial charge in [0.1, 0.15) is 0 Å². The van der Waals surface area contributed by atoms with Crippen molar-refractivity contribution in [1.82, 2.24) is 0 Å². The van der Waals surface area contributed by atoms with Crippen LogP contribution in [0.1, 0.15) is 22.8 Å². The van der Waals surface area contributed by atoms with Gasteiger partial charge in [0.05, 0.1) is 11.1 Å². The molecule has 6 heteroatoms. The van der Waals surface area contributed by atoms with E-state index in [4.69, 9.17) is 5.11 Å². The van der Waals surface area contributed by atoms with Crippen LogP contribution in [0.2, 0.25) is 0 Å². The van der Waals surface area contributed by atoms with Crippen molar-refractivity contribution in [2.24, 2.45) is 0 Å². The highest BCUT2D eigenvalue weighted by Crippen LogP contribution is 2.36. The van der Waals surface area contributed by atoms with E-state index in [0.717, 1.165) is 0 Å². The molecule has 0 saturated carbocycles. The summed E-state index contributed by atoms with van der Waals surface area (Å²) in [5, 5.41) is 8.68. The number of carboxylic acids is 1. The summed E-state index contributed by atoms with van der Waals surface area (Å²) in [5.74, 6) is -1.37. The Morgan fingerprint density at radius 1 is 1.41 bits per heavy atom. The molecule has 1 N–H and O–H groups in total. The molecule has 1 rings (SSSR count). The summed E-state index contributed by atoms with van der Waals surface area (Å²) in [6.45, 7) is 2.11. The van der Waals surface area contributed by atoms with E-state index in [1.54, 1.807) is 6.92 Å². The van der Waals surface area contributed by atoms with Gasteiger partial charge in [0, 0.05) is 19.3 Å². The number of hydrogen-bond acceptors (Lipinski definition) is 2. The number of anilines is 1. The molecule has 94 valence electrons. The molecule has 0 aliphatic carbocycles. The van der Waals surface area contributed by atoms with Crippen LogP contribution in [0.25, 0.3) is 0 Å². The maximum Gasteiger partial charge on any atom is 0.418 e. The van der Waals surface area contributed by atoms with E-state index >= 15 is 0 Å². The van der Waals surface area contributed by atoms with Crippen molar-refractivity contribution in [3.63, 3.8) is 0 Å². The second-order valence-electron chi connectivity index (χ2n) is 3.55. The molecule has 1 aromatic carbocycles. The van der Waals surface area contributed by atoms with Crippen molar-refractivity contribution in [2.45, 2.75) is 13.1 Å². The molecule has 3 nitrogen and oxygen atoms in total. The molecule has 0 aromatic heterocycles. The SMILES string of the molecule is CCN(C)c1ccc(C(=O)O)cc1C(F)(F)F.